The first-order chi connectivity index (χ1) is 7.58. The van der Waals surface area contributed by atoms with Crippen LogP contribution in [0.25, 0.3) is 11.1 Å². The summed E-state index contributed by atoms with van der Waals surface area (Å²) in [5, 5.41) is 11.5. The van der Waals surface area contributed by atoms with Crippen molar-refractivity contribution in [2.24, 2.45) is 0 Å². The molecule has 4 heteroatoms. The summed E-state index contributed by atoms with van der Waals surface area (Å²) in [5.74, 6) is -0.940. The maximum atomic E-state index is 10.9. The van der Waals surface area contributed by atoms with Crippen molar-refractivity contribution in [1.29, 1.82) is 0 Å². The van der Waals surface area contributed by atoms with Crippen molar-refractivity contribution < 1.29 is 9.90 Å². The van der Waals surface area contributed by atoms with Gasteiger partial charge < -0.3 is 5.11 Å². The molecule has 0 radical (unpaired) electrons. The minimum absolute atomic E-state index is 0.253. The maximum Gasteiger partial charge on any atom is 0.335 e. The summed E-state index contributed by atoms with van der Waals surface area (Å²) in [5.41, 5.74) is 1.99. The summed E-state index contributed by atoms with van der Waals surface area (Å²) in [7, 11) is 0. The Morgan fingerprint density at radius 1 is 1.38 bits per heavy atom. The summed E-state index contributed by atoms with van der Waals surface area (Å²) in [6, 6.07) is 6.73. The van der Waals surface area contributed by atoms with Crippen LogP contribution in [0.3, 0.4) is 0 Å². The number of aryl methyl sites for hydroxylation is 1. The van der Waals surface area contributed by atoms with Crippen LogP contribution >= 0.6 is 22.9 Å². The second-order valence-corrected chi connectivity index (χ2v) is 4.97. The van der Waals surface area contributed by atoms with E-state index in [1.165, 1.54) is 10.9 Å². The highest BCUT2D eigenvalue weighted by Crippen LogP contribution is 2.31. The van der Waals surface area contributed by atoms with E-state index in [2.05, 4.69) is 0 Å². The van der Waals surface area contributed by atoms with E-state index in [1.807, 2.05) is 18.4 Å². The molecule has 1 heterocycles. The Morgan fingerprint density at radius 2 is 2.12 bits per heavy atom. The van der Waals surface area contributed by atoms with E-state index in [4.69, 9.17) is 16.7 Å². The molecule has 0 unspecified atom stereocenters. The summed E-state index contributed by atoms with van der Waals surface area (Å²) in [4.78, 5) is 12.0. The third-order valence-electron chi connectivity index (χ3n) is 2.25. The Kier molecular flexibility index (Phi) is 2.99. The van der Waals surface area contributed by atoms with Crippen LogP contribution in [0.1, 0.15) is 15.2 Å². The van der Waals surface area contributed by atoms with Crippen LogP contribution in [0.4, 0.5) is 0 Å². The average Bonchev–Trinajstić information content (AvgIpc) is 2.65. The summed E-state index contributed by atoms with van der Waals surface area (Å²) in [6.07, 6.45) is 0. The molecule has 0 saturated carbocycles. The van der Waals surface area contributed by atoms with Crippen molar-refractivity contribution in [3.63, 3.8) is 0 Å². The molecule has 0 aliphatic rings. The lowest BCUT2D eigenvalue weighted by Crippen LogP contribution is -1.96. The molecule has 0 spiro atoms. The molecule has 16 heavy (non-hydrogen) atoms. The van der Waals surface area contributed by atoms with Crippen molar-refractivity contribution in [2.45, 2.75) is 6.92 Å². The van der Waals surface area contributed by atoms with Gasteiger partial charge in [-0.25, -0.2) is 4.79 Å². The Morgan fingerprint density at radius 3 is 2.69 bits per heavy atom. The predicted molar refractivity (Wildman–Crippen MR) is 66.5 cm³/mol. The third kappa shape index (κ3) is 2.10. The molecule has 0 atom stereocenters. The molecule has 1 aromatic carbocycles. The fourth-order valence-corrected chi connectivity index (χ4v) is 2.39. The average molecular weight is 253 g/mol. The van der Waals surface area contributed by atoms with Crippen molar-refractivity contribution in [1.82, 2.24) is 0 Å². The molecule has 0 fully saturated rings. The monoisotopic (exact) mass is 252 g/mol. The highest BCUT2D eigenvalue weighted by atomic mass is 35.5. The SMILES string of the molecule is Cc1cc(-c2cc(C(=O)O)ccc2Cl)cs1. The summed E-state index contributed by atoms with van der Waals surface area (Å²) >= 11 is 7.67. The topological polar surface area (TPSA) is 37.3 Å². The van der Waals surface area contributed by atoms with E-state index in [-0.39, 0.29) is 5.56 Å². The van der Waals surface area contributed by atoms with Gasteiger partial charge in [0.1, 0.15) is 0 Å². The number of thiophene rings is 1. The van der Waals surface area contributed by atoms with Crippen molar-refractivity contribution >= 4 is 28.9 Å². The van der Waals surface area contributed by atoms with E-state index in [0.717, 1.165) is 11.1 Å². The molecule has 0 bridgehead atoms. The van der Waals surface area contributed by atoms with Crippen LogP contribution in [0.5, 0.6) is 0 Å². The number of carbonyl (C=O) groups is 1. The number of aromatic carboxylic acids is 1. The number of carboxylic acid groups (broad SMARTS) is 1. The molecule has 2 aromatic rings. The minimum atomic E-state index is -0.940. The zero-order valence-corrected chi connectivity index (χ0v) is 10.1. The number of halogens is 1. The molecule has 1 N–H and O–H groups in total. The summed E-state index contributed by atoms with van der Waals surface area (Å²) < 4.78 is 0. The van der Waals surface area contributed by atoms with E-state index in [1.54, 1.807) is 23.5 Å². The van der Waals surface area contributed by atoms with Crippen LogP contribution in [0.15, 0.2) is 29.6 Å². The first kappa shape index (κ1) is 11.2. The number of carboxylic acids is 1. The molecule has 0 aliphatic heterocycles. The van der Waals surface area contributed by atoms with Gasteiger partial charge in [0, 0.05) is 15.5 Å². The van der Waals surface area contributed by atoms with Gasteiger partial charge in [0.15, 0.2) is 0 Å². The Balaban J connectivity index is 2.55. The second-order valence-electron chi connectivity index (χ2n) is 3.45. The Bertz CT molecular complexity index is 546. The zero-order valence-electron chi connectivity index (χ0n) is 8.53. The number of hydrogen-bond donors (Lipinski definition) is 1. The van der Waals surface area contributed by atoms with E-state index < -0.39 is 5.97 Å². The smallest absolute Gasteiger partial charge is 0.335 e. The quantitative estimate of drug-likeness (QED) is 0.875. The van der Waals surface area contributed by atoms with Crippen LogP contribution < -0.4 is 0 Å². The molecule has 0 amide bonds. The van der Waals surface area contributed by atoms with Crippen molar-refractivity contribution in [3.05, 3.63) is 45.1 Å². The van der Waals surface area contributed by atoms with E-state index in [0.29, 0.717) is 5.02 Å². The van der Waals surface area contributed by atoms with Gasteiger partial charge in [-0.15, -0.1) is 11.3 Å². The van der Waals surface area contributed by atoms with Crippen LogP contribution in [0, 0.1) is 6.92 Å². The van der Waals surface area contributed by atoms with Gasteiger partial charge in [0.05, 0.1) is 5.56 Å². The predicted octanol–water partition coefficient (Wildman–Crippen LogP) is 4.08. The van der Waals surface area contributed by atoms with E-state index >= 15 is 0 Å². The minimum Gasteiger partial charge on any atom is -0.478 e. The first-order valence-corrected chi connectivity index (χ1v) is 5.92. The Labute approximate surface area is 102 Å². The molecule has 2 rings (SSSR count). The van der Waals surface area contributed by atoms with Gasteiger partial charge in [0.2, 0.25) is 0 Å². The lowest BCUT2D eigenvalue weighted by atomic mass is 10.1. The van der Waals surface area contributed by atoms with Gasteiger partial charge in [-0.3, -0.25) is 0 Å². The lowest BCUT2D eigenvalue weighted by Gasteiger charge is -2.03. The fourth-order valence-electron chi connectivity index (χ4n) is 1.46. The third-order valence-corrected chi connectivity index (χ3v) is 3.45. The second kappa shape index (κ2) is 4.28. The molecule has 0 aliphatic carbocycles. The number of rotatable bonds is 2. The molecular weight excluding hydrogens is 244 g/mol. The van der Waals surface area contributed by atoms with Gasteiger partial charge in [-0.2, -0.15) is 0 Å². The van der Waals surface area contributed by atoms with Gasteiger partial charge in [-0.1, -0.05) is 11.6 Å². The highest BCUT2D eigenvalue weighted by molar-refractivity contribution is 7.10. The molecule has 1 aromatic heterocycles. The van der Waals surface area contributed by atoms with Crippen molar-refractivity contribution in [2.75, 3.05) is 0 Å². The normalized spacial score (nSPS) is 10.4. The first-order valence-electron chi connectivity index (χ1n) is 4.66. The van der Waals surface area contributed by atoms with Gasteiger partial charge in [0.25, 0.3) is 0 Å². The zero-order chi connectivity index (χ0) is 11.7. The number of hydrogen-bond acceptors (Lipinski definition) is 2. The van der Waals surface area contributed by atoms with Crippen LogP contribution in [-0.2, 0) is 0 Å². The van der Waals surface area contributed by atoms with E-state index in [9.17, 15) is 4.79 Å². The highest BCUT2D eigenvalue weighted by Gasteiger charge is 2.09. The molecular formula is C12H9ClO2S. The number of benzene rings is 1. The molecule has 82 valence electrons. The Hall–Kier alpha value is -1.32. The maximum absolute atomic E-state index is 10.9. The van der Waals surface area contributed by atoms with Crippen LogP contribution in [0.2, 0.25) is 5.02 Å². The standard InChI is InChI=1S/C12H9ClO2S/c1-7-4-9(6-16-7)10-5-8(12(14)15)2-3-11(10)13/h2-6H,1H3,(H,14,15). The summed E-state index contributed by atoms with van der Waals surface area (Å²) in [6.45, 7) is 2.00. The van der Waals surface area contributed by atoms with Gasteiger partial charge >= 0.3 is 5.97 Å². The largest absolute Gasteiger partial charge is 0.478 e. The lowest BCUT2D eigenvalue weighted by molar-refractivity contribution is 0.0697. The fraction of sp³-hybridized carbons (Fsp3) is 0.0833. The van der Waals surface area contributed by atoms with Crippen LogP contribution in [-0.4, -0.2) is 11.1 Å². The molecule has 2 nitrogen and oxygen atoms in total. The van der Waals surface area contributed by atoms with Gasteiger partial charge in [-0.05, 0) is 42.1 Å². The van der Waals surface area contributed by atoms with Crippen molar-refractivity contribution in [3.8, 4) is 11.1 Å². The molecule has 0 saturated heterocycles.